The normalized spacial score (nSPS) is 17.0. The van der Waals surface area contributed by atoms with Gasteiger partial charge in [0.25, 0.3) is 5.91 Å². The van der Waals surface area contributed by atoms with Crippen molar-refractivity contribution in [1.29, 1.82) is 0 Å². The van der Waals surface area contributed by atoms with Crippen molar-refractivity contribution in [1.82, 2.24) is 9.88 Å². The van der Waals surface area contributed by atoms with Crippen LogP contribution in [0, 0.1) is 17.3 Å². The summed E-state index contributed by atoms with van der Waals surface area (Å²) in [7, 11) is 0. The monoisotopic (exact) mass is 286 g/mol. The van der Waals surface area contributed by atoms with E-state index in [1.165, 1.54) is 0 Å². The number of pyridine rings is 1. The Hall–Kier alpha value is -1.86. The minimum absolute atomic E-state index is 0.0216. The third-order valence-electron chi connectivity index (χ3n) is 4.41. The maximum absolute atomic E-state index is 12.5. The van der Waals surface area contributed by atoms with Gasteiger partial charge >= 0.3 is 0 Å². The first-order valence-electron chi connectivity index (χ1n) is 7.42. The first kappa shape index (κ1) is 15.5. The fourth-order valence-electron chi connectivity index (χ4n) is 2.55. The van der Waals surface area contributed by atoms with Crippen molar-refractivity contribution in [2.24, 2.45) is 5.41 Å². The van der Waals surface area contributed by atoms with Crippen LogP contribution >= 0.6 is 0 Å². The zero-order chi connectivity index (χ0) is 15.3. The topological polar surface area (TPSA) is 53.4 Å². The zero-order valence-electron chi connectivity index (χ0n) is 12.7. The molecule has 1 saturated heterocycles. The second-order valence-corrected chi connectivity index (χ2v) is 5.88. The molecule has 0 unspecified atom stereocenters. The zero-order valence-corrected chi connectivity index (χ0v) is 12.7. The summed E-state index contributed by atoms with van der Waals surface area (Å²) in [5.41, 5.74) is 1.59. The number of piperidine rings is 1. The highest BCUT2D eigenvalue weighted by Crippen LogP contribution is 2.34. The lowest BCUT2D eigenvalue weighted by Crippen LogP contribution is -2.42. The van der Waals surface area contributed by atoms with Crippen LogP contribution in [0.2, 0.25) is 0 Å². The summed E-state index contributed by atoms with van der Waals surface area (Å²) < 4.78 is 0. The molecule has 4 heteroatoms. The van der Waals surface area contributed by atoms with E-state index in [0.29, 0.717) is 16.5 Å². The SMILES string of the molecule is CCC1(C)CCN(C(=O)c2cncc(C#CCO)c2)CC1. The highest BCUT2D eigenvalue weighted by atomic mass is 16.2. The standard InChI is InChI=1S/C17H22N2O2/c1-3-17(2)6-8-19(9-7-17)16(21)15-11-14(5-4-10-20)12-18-13-15/h11-13,20H,3,6-10H2,1-2H3. The maximum Gasteiger partial charge on any atom is 0.255 e. The van der Waals surface area contributed by atoms with Gasteiger partial charge in [-0.25, -0.2) is 0 Å². The van der Waals surface area contributed by atoms with Gasteiger partial charge in [-0.3, -0.25) is 9.78 Å². The van der Waals surface area contributed by atoms with E-state index in [4.69, 9.17) is 5.11 Å². The summed E-state index contributed by atoms with van der Waals surface area (Å²) in [4.78, 5) is 18.5. The van der Waals surface area contributed by atoms with E-state index in [1.54, 1.807) is 18.5 Å². The number of aliphatic hydroxyl groups is 1. The third kappa shape index (κ3) is 3.83. The third-order valence-corrected chi connectivity index (χ3v) is 4.41. The van der Waals surface area contributed by atoms with Crippen molar-refractivity contribution in [3.05, 3.63) is 29.6 Å². The molecule has 1 N–H and O–H groups in total. The Bertz CT molecular complexity index is 564. The Kier molecular flexibility index (Phi) is 4.98. The highest BCUT2D eigenvalue weighted by Gasteiger charge is 2.30. The second kappa shape index (κ2) is 6.73. The number of aromatic nitrogens is 1. The summed E-state index contributed by atoms with van der Waals surface area (Å²) in [6, 6.07) is 1.74. The van der Waals surface area contributed by atoms with Crippen LogP contribution in [0.1, 0.15) is 49.0 Å². The molecule has 1 aliphatic rings. The van der Waals surface area contributed by atoms with Crippen LogP contribution in [0.4, 0.5) is 0 Å². The van der Waals surface area contributed by atoms with Crippen LogP contribution in [0.15, 0.2) is 18.5 Å². The average molecular weight is 286 g/mol. The number of amides is 1. The molecule has 0 atom stereocenters. The average Bonchev–Trinajstić information content (AvgIpc) is 2.53. The van der Waals surface area contributed by atoms with Crippen molar-refractivity contribution < 1.29 is 9.90 Å². The molecule has 0 bridgehead atoms. The molecule has 1 aromatic rings. The summed E-state index contributed by atoms with van der Waals surface area (Å²) in [6.45, 7) is 5.91. The van der Waals surface area contributed by atoms with Gasteiger partial charge in [-0.15, -0.1) is 0 Å². The Labute approximate surface area is 126 Å². The number of nitrogens with zero attached hydrogens (tertiary/aromatic N) is 2. The van der Waals surface area contributed by atoms with E-state index in [1.807, 2.05) is 4.90 Å². The van der Waals surface area contributed by atoms with Crippen molar-refractivity contribution in [2.75, 3.05) is 19.7 Å². The van der Waals surface area contributed by atoms with Gasteiger partial charge in [0.2, 0.25) is 0 Å². The van der Waals surface area contributed by atoms with E-state index < -0.39 is 0 Å². The van der Waals surface area contributed by atoms with Gasteiger partial charge in [-0.1, -0.05) is 32.1 Å². The van der Waals surface area contributed by atoms with Crippen molar-refractivity contribution >= 4 is 5.91 Å². The molecule has 21 heavy (non-hydrogen) atoms. The first-order valence-corrected chi connectivity index (χ1v) is 7.42. The van der Waals surface area contributed by atoms with Crippen LogP contribution in [0.5, 0.6) is 0 Å². The van der Waals surface area contributed by atoms with Crippen molar-refractivity contribution in [3.8, 4) is 11.8 Å². The summed E-state index contributed by atoms with van der Waals surface area (Å²) in [6.07, 6.45) is 6.44. The van der Waals surface area contributed by atoms with E-state index in [0.717, 1.165) is 32.4 Å². The van der Waals surface area contributed by atoms with Gasteiger partial charge in [-0.2, -0.15) is 0 Å². The van der Waals surface area contributed by atoms with E-state index in [2.05, 4.69) is 30.7 Å². The molecule has 1 amide bonds. The largest absolute Gasteiger partial charge is 0.384 e. The van der Waals surface area contributed by atoms with Crippen LogP contribution in [0.3, 0.4) is 0 Å². The number of aliphatic hydroxyl groups excluding tert-OH is 1. The Morgan fingerprint density at radius 3 is 2.76 bits per heavy atom. The molecule has 1 aromatic heterocycles. The van der Waals surface area contributed by atoms with Gasteiger partial charge < -0.3 is 10.0 Å². The fraction of sp³-hybridized carbons (Fsp3) is 0.529. The van der Waals surface area contributed by atoms with E-state index in [-0.39, 0.29) is 12.5 Å². The van der Waals surface area contributed by atoms with Gasteiger partial charge in [0.05, 0.1) is 5.56 Å². The fourth-order valence-corrected chi connectivity index (χ4v) is 2.55. The van der Waals surface area contributed by atoms with Crippen LogP contribution in [-0.2, 0) is 0 Å². The number of hydrogen-bond donors (Lipinski definition) is 1. The van der Waals surface area contributed by atoms with Crippen molar-refractivity contribution in [3.63, 3.8) is 0 Å². The predicted octanol–water partition coefficient (Wildman–Crippen LogP) is 2.08. The maximum atomic E-state index is 12.5. The predicted molar refractivity (Wildman–Crippen MR) is 81.7 cm³/mol. The van der Waals surface area contributed by atoms with Gasteiger partial charge in [0.15, 0.2) is 0 Å². The van der Waals surface area contributed by atoms with Crippen LogP contribution in [0.25, 0.3) is 0 Å². The molecule has 2 rings (SSSR count). The van der Waals surface area contributed by atoms with Gasteiger partial charge in [0.1, 0.15) is 6.61 Å². The summed E-state index contributed by atoms with van der Waals surface area (Å²) in [5.74, 6) is 5.37. The molecule has 1 fully saturated rings. The highest BCUT2D eigenvalue weighted by molar-refractivity contribution is 5.94. The van der Waals surface area contributed by atoms with Gasteiger partial charge in [0, 0.05) is 31.0 Å². The molecule has 1 aliphatic heterocycles. The quantitative estimate of drug-likeness (QED) is 0.847. The molecule has 0 aliphatic carbocycles. The molecule has 0 saturated carbocycles. The van der Waals surface area contributed by atoms with Crippen molar-refractivity contribution in [2.45, 2.75) is 33.1 Å². The lowest BCUT2D eigenvalue weighted by atomic mass is 9.78. The summed E-state index contributed by atoms with van der Waals surface area (Å²) >= 11 is 0. The molecule has 4 nitrogen and oxygen atoms in total. The van der Waals surface area contributed by atoms with E-state index in [9.17, 15) is 4.79 Å². The molecular formula is C17H22N2O2. The van der Waals surface area contributed by atoms with E-state index >= 15 is 0 Å². The molecule has 2 heterocycles. The minimum Gasteiger partial charge on any atom is -0.384 e. The number of hydrogen-bond acceptors (Lipinski definition) is 3. The Morgan fingerprint density at radius 1 is 1.43 bits per heavy atom. The number of carbonyl (C=O) groups is 1. The smallest absolute Gasteiger partial charge is 0.255 e. The molecule has 0 aromatic carbocycles. The Morgan fingerprint density at radius 2 is 2.14 bits per heavy atom. The number of rotatable bonds is 2. The lowest BCUT2D eigenvalue weighted by Gasteiger charge is -2.38. The molecule has 112 valence electrons. The van der Waals surface area contributed by atoms with Crippen LogP contribution in [-0.4, -0.2) is 40.6 Å². The van der Waals surface area contributed by atoms with Gasteiger partial charge in [-0.05, 0) is 24.3 Å². The molecule has 0 spiro atoms. The summed E-state index contributed by atoms with van der Waals surface area (Å²) in [5, 5.41) is 8.71. The number of carbonyl (C=O) groups excluding carboxylic acids is 1. The molecular weight excluding hydrogens is 264 g/mol. The Balaban J connectivity index is 2.07. The second-order valence-electron chi connectivity index (χ2n) is 5.88. The molecule has 0 radical (unpaired) electrons. The van der Waals surface area contributed by atoms with Crippen LogP contribution < -0.4 is 0 Å². The number of likely N-dealkylation sites (tertiary alicyclic amines) is 1. The lowest BCUT2D eigenvalue weighted by molar-refractivity contribution is 0.0600. The first-order chi connectivity index (χ1) is 10.1. The minimum atomic E-state index is -0.195.